The molecule has 0 aliphatic carbocycles. The number of anilines is 1. The summed E-state index contributed by atoms with van der Waals surface area (Å²) in [5.41, 5.74) is 1.06. The number of amides is 1. The average Bonchev–Trinajstić information content (AvgIpc) is 3.33. The molecular weight excluding hydrogens is 465 g/mol. The van der Waals surface area contributed by atoms with Crippen molar-refractivity contribution in [1.82, 2.24) is 4.57 Å². The van der Waals surface area contributed by atoms with Crippen LogP contribution in [0.4, 0.5) is 10.1 Å². The Bertz CT molecular complexity index is 1410. The van der Waals surface area contributed by atoms with Crippen LogP contribution < -0.4 is 15.2 Å². The predicted octanol–water partition coefficient (Wildman–Crippen LogP) is 3.09. The number of rotatable bonds is 9. The highest BCUT2D eigenvalue weighted by Crippen LogP contribution is 2.28. The Morgan fingerprint density at radius 1 is 1.17 bits per heavy atom. The number of benzene rings is 2. The molecule has 0 saturated heterocycles. The first kappa shape index (κ1) is 24.8. The van der Waals surface area contributed by atoms with Gasteiger partial charge in [-0.15, -0.1) is 0 Å². The van der Waals surface area contributed by atoms with Crippen LogP contribution in [0.3, 0.4) is 0 Å². The molecule has 2 aromatic carbocycles. The van der Waals surface area contributed by atoms with Crippen molar-refractivity contribution in [3.05, 3.63) is 93.2 Å². The molecule has 1 aliphatic rings. The topological polar surface area (TPSA) is 102 Å². The quantitative estimate of drug-likeness (QED) is 0.338. The summed E-state index contributed by atoms with van der Waals surface area (Å²) >= 11 is 0. The van der Waals surface area contributed by atoms with Crippen LogP contribution in [-0.4, -0.2) is 43.1 Å². The van der Waals surface area contributed by atoms with Crippen molar-refractivity contribution in [3.8, 4) is 11.8 Å². The smallest absolute Gasteiger partial charge is 0.268 e. The first-order valence-corrected chi connectivity index (χ1v) is 11.4. The lowest BCUT2D eigenvalue weighted by molar-refractivity contribution is -0.120. The van der Waals surface area contributed by atoms with E-state index in [4.69, 9.17) is 9.47 Å². The second kappa shape index (κ2) is 11.0. The fourth-order valence-electron chi connectivity index (χ4n) is 4.16. The molecule has 0 unspecified atom stereocenters. The highest BCUT2D eigenvalue weighted by molar-refractivity contribution is 6.10. The minimum Gasteiger partial charge on any atom is -0.483 e. The van der Waals surface area contributed by atoms with E-state index in [9.17, 15) is 24.0 Å². The summed E-state index contributed by atoms with van der Waals surface area (Å²) in [6, 6.07) is 14.0. The van der Waals surface area contributed by atoms with Crippen molar-refractivity contribution < 1.29 is 23.5 Å². The molecule has 3 aromatic rings. The average molecular weight is 490 g/mol. The monoisotopic (exact) mass is 489 g/mol. The van der Waals surface area contributed by atoms with Gasteiger partial charge in [-0.05, 0) is 48.7 Å². The van der Waals surface area contributed by atoms with Crippen LogP contribution in [0.1, 0.15) is 33.5 Å². The minimum atomic E-state index is -0.667. The molecule has 9 heteroatoms. The van der Waals surface area contributed by atoms with Crippen LogP contribution in [-0.2, 0) is 22.5 Å². The number of methoxy groups -OCH3 is 1. The third kappa shape index (κ3) is 5.19. The molecule has 184 valence electrons. The van der Waals surface area contributed by atoms with Gasteiger partial charge in [0.15, 0.2) is 12.4 Å². The predicted molar refractivity (Wildman–Crippen MR) is 130 cm³/mol. The molecule has 0 bridgehead atoms. The van der Waals surface area contributed by atoms with E-state index in [2.05, 4.69) is 0 Å². The highest BCUT2D eigenvalue weighted by atomic mass is 19.1. The molecule has 0 N–H and O–H groups in total. The summed E-state index contributed by atoms with van der Waals surface area (Å²) in [4.78, 5) is 40.3. The number of para-hydroxylation sites is 1. The number of ketones is 1. The number of carbonyl (C=O) groups is 2. The molecule has 4 rings (SSSR count). The zero-order valence-corrected chi connectivity index (χ0v) is 19.7. The third-order valence-electron chi connectivity index (χ3n) is 5.94. The number of nitriles is 1. The number of fused-ring (bicyclic) bond motifs is 1. The van der Waals surface area contributed by atoms with Crippen molar-refractivity contribution in [2.24, 2.45) is 0 Å². The summed E-state index contributed by atoms with van der Waals surface area (Å²) < 4.78 is 26.1. The fourth-order valence-corrected chi connectivity index (χ4v) is 4.16. The fraction of sp³-hybridized carbons (Fsp3) is 0.259. The maximum atomic E-state index is 14.1. The summed E-state index contributed by atoms with van der Waals surface area (Å²) in [6.07, 6.45) is 2.57. The molecule has 1 aromatic heterocycles. The van der Waals surface area contributed by atoms with Gasteiger partial charge in [0.05, 0.1) is 5.56 Å². The van der Waals surface area contributed by atoms with E-state index >= 15 is 0 Å². The van der Waals surface area contributed by atoms with Gasteiger partial charge in [-0.2, -0.15) is 5.26 Å². The van der Waals surface area contributed by atoms with E-state index in [1.54, 1.807) is 11.0 Å². The Labute approximate surface area is 207 Å². The molecule has 36 heavy (non-hydrogen) atoms. The second-order valence-corrected chi connectivity index (χ2v) is 8.28. The van der Waals surface area contributed by atoms with E-state index in [1.807, 2.05) is 24.3 Å². The first-order chi connectivity index (χ1) is 17.4. The van der Waals surface area contributed by atoms with Crippen LogP contribution in [0.25, 0.3) is 0 Å². The van der Waals surface area contributed by atoms with Crippen molar-refractivity contribution in [3.63, 3.8) is 0 Å². The van der Waals surface area contributed by atoms with Crippen molar-refractivity contribution in [2.45, 2.75) is 19.4 Å². The molecule has 0 saturated carbocycles. The normalized spacial score (nSPS) is 12.2. The lowest BCUT2D eigenvalue weighted by Gasteiger charge is -2.18. The Morgan fingerprint density at radius 3 is 2.75 bits per heavy atom. The van der Waals surface area contributed by atoms with E-state index in [1.165, 1.54) is 30.0 Å². The maximum absolute atomic E-state index is 14.1. The molecule has 0 spiro atoms. The summed E-state index contributed by atoms with van der Waals surface area (Å²) in [5, 5.41) is 9.38. The van der Waals surface area contributed by atoms with E-state index in [0.29, 0.717) is 19.6 Å². The number of hydrogen-bond donors (Lipinski definition) is 0. The van der Waals surface area contributed by atoms with Gasteiger partial charge in [-0.1, -0.05) is 18.2 Å². The zero-order chi connectivity index (χ0) is 25.7. The number of carbonyl (C=O) groups excluding carboxylic acids is 2. The van der Waals surface area contributed by atoms with E-state index < -0.39 is 17.2 Å². The Morgan fingerprint density at radius 2 is 1.97 bits per heavy atom. The van der Waals surface area contributed by atoms with Crippen LogP contribution in [0, 0.1) is 17.1 Å². The molecule has 0 fully saturated rings. The highest BCUT2D eigenvalue weighted by Gasteiger charge is 2.25. The minimum absolute atomic E-state index is 0.0258. The second-order valence-electron chi connectivity index (χ2n) is 8.28. The van der Waals surface area contributed by atoms with Crippen LogP contribution in [0.15, 0.2) is 59.5 Å². The number of nitrogens with zero attached hydrogens (tertiary/aromatic N) is 3. The van der Waals surface area contributed by atoms with Gasteiger partial charge in [0, 0.05) is 44.3 Å². The van der Waals surface area contributed by atoms with Crippen molar-refractivity contribution in [1.29, 1.82) is 5.26 Å². The van der Waals surface area contributed by atoms with Crippen molar-refractivity contribution in [2.75, 3.05) is 31.8 Å². The SMILES string of the molecule is COCCCn1cc(C(=O)c2cc(F)ccc2OCC(=O)N2CCc3ccccc32)cc(C#N)c1=O. The summed E-state index contributed by atoms with van der Waals surface area (Å²) in [7, 11) is 1.53. The van der Waals surface area contributed by atoms with Gasteiger partial charge in [-0.25, -0.2) is 4.39 Å². The number of aryl methyl sites for hydroxylation is 1. The standard InChI is InChI=1S/C27H24FN3O5/c1-35-12-4-10-30-16-20(13-19(15-29)27(30)34)26(33)22-14-21(28)7-8-24(22)36-17-25(32)31-11-9-18-5-2-3-6-23(18)31/h2-3,5-8,13-14,16H,4,9-12,17H2,1H3. The third-order valence-corrected chi connectivity index (χ3v) is 5.94. The Kier molecular flexibility index (Phi) is 7.56. The van der Waals surface area contributed by atoms with E-state index in [-0.39, 0.29) is 41.5 Å². The number of ether oxygens (including phenoxy) is 2. The Hall–Kier alpha value is -4.29. The van der Waals surface area contributed by atoms with Gasteiger partial charge in [0.2, 0.25) is 0 Å². The largest absolute Gasteiger partial charge is 0.483 e. The molecule has 0 atom stereocenters. The van der Waals surface area contributed by atoms with Crippen molar-refractivity contribution >= 4 is 17.4 Å². The van der Waals surface area contributed by atoms with Crippen LogP contribution in [0.5, 0.6) is 5.75 Å². The molecule has 1 aliphatic heterocycles. The molecule has 1 amide bonds. The number of pyridine rings is 1. The lowest BCUT2D eigenvalue weighted by Crippen LogP contribution is -2.33. The summed E-state index contributed by atoms with van der Waals surface area (Å²) in [6.45, 7) is 0.809. The van der Waals surface area contributed by atoms with Gasteiger partial charge in [0.1, 0.15) is 23.2 Å². The van der Waals surface area contributed by atoms with Crippen LogP contribution in [0.2, 0.25) is 0 Å². The van der Waals surface area contributed by atoms with Gasteiger partial charge < -0.3 is 18.9 Å². The van der Waals surface area contributed by atoms with Crippen LogP contribution >= 0.6 is 0 Å². The summed E-state index contributed by atoms with van der Waals surface area (Å²) in [5.74, 6) is -1.57. The molecule has 0 radical (unpaired) electrons. The molecule has 2 heterocycles. The van der Waals surface area contributed by atoms with E-state index in [0.717, 1.165) is 29.8 Å². The first-order valence-electron chi connectivity index (χ1n) is 11.4. The van der Waals surface area contributed by atoms with Gasteiger partial charge >= 0.3 is 0 Å². The van der Waals surface area contributed by atoms with Gasteiger partial charge in [-0.3, -0.25) is 14.4 Å². The lowest BCUT2D eigenvalue weighted by atomic mass is 10.0. The molecular formula is C27H24FN3O5. The molecule has 8 nitrogen and oxygen atoms in total. The van der Waals surface area contributed by atoms with Gasteiger partial charge in [0.25, 0.3) is 11.5 Å². The number of hydrogen-bond acceptors (Lipinski definition) is 6. The number of aromatic nitrogens is 1. The number of halogens is 1. The Balaban J connectivity index is 1.58. The maximum Gasteiger partial charge on any atom is 0.268 e. The zero-order valence-electron chi connectivity index (χ0n) is 19.7.